The first-order chi connectivity index (χ1) is 14.8. The number of carbonyl (C=O) groups excluding carboxylic acids is 1. The lowest BCUT2D eigenvalue weighted by atomic mass is 9.80. The van der Waals surface area contributed by atoms with Crippen LogP contribution in [0, 0.1) is 11.8 Å². The van der Waals surface area contributed by atoms with E-state index < -0.39 is 36.5 Å². The van der Waals surface area contributed by atoms with Crippen LogP contribution in [0.2, 0.25) is 0 Å². The zero-order valence-corrected chi connectivity index (χ0v) is 18.4. The van der Waals surface area contributed by atoms with Crippen LogP contribution < -0.4 is 16.2 Å². The molecule has 0 bridgehead atoms. The van der Waals surface area contributed by atoms with Gasteiger partial charge in [-0.15, -0.1) is 0 Å². The lowest BCUT2D eigenvalue weighted by Crippen LogP contribution is -2.56. The van der Waals surface area contributed by atoms with Gasteiger partial charge in [-0.3, -0.25) is 10.2 Å². The highest BCUT2D eigenvalue weighted by atomic mass is 19.1. The summed E-state index contributed by atoms with van der Waals surface area (Å²) in [6.45, 7) is 3.93. The first-order valence-electron chi connectivity index (χ1n) is 11.9. The van der Waals surface area contributed by atoms with Gasteiger partial charge >= 0.3 is 0 Å². The third-order valence-electron chi connectivity index (χ3n) is 8.05. The van der Waals surface area contributed by atoms with E-state index >= 15 is 0 Å². The van der Waals surface area contributed by atoms with Crippen molar-refractivity contribution in [1.82, 2.24) is 21.1 Å². The second-order valence-electron chi connectivity index (χ2n) is 10.2. The van der Waals surface area contributed by atoms with Gasteiger partial charge in [0.05, 0.1) is 12.6 Å². The molecule has 0 aromatic rings. The largest absolute Gasteiger partial charge is 0.392 e. The Morgan fingerprint density at radius 3 is 2.58 bits per heavy atom. The molecule has 2 aliphatic heterocycles. The van der Waals surface area contributed by atoms with Crippen molar-refractivity contribution in [3.8, 4) is 0 Å². The summed E-state index contributed by atoms with van der Waals surface area (Å²) in [4.78, 5) is 15.0. The number of nitrogens with one attached hydrogen (secondary N) is 3. The zero-order chi connectivity index (χ0) is 22.3. The lowest BCUT2D eigenvalue weighted by molar-refractivity contribution is -0.137. The number of rotatable bonds is 5. The number of nitrogens with zero attached hydrogens (tertiary/aromatic N) is 1. The first kappa shape index (κ1) is 23.3. The SMILES string of the molecule is CC1NNC(C(=O)N2C[C@@H](F)C[C@@H]2C2CC(F)CCC2F)C1C(C)N[C@@H]1CCC[C@H]1O. The van der Waals surface area contributed by atoms with Crippen LogP contribution in [0.25, 0.3) is 0 Å². The second-order valence-corrected chi connectivity index (χ2v) is 10.2. The predicted octanol–water partition coefficient (Wildman–Crippen LogP) is 1.77. The minimum atomic E-state index is -1.21. The molecule has 1 amide bonds. The van der Waals surface area contributed by atoms with Gasteiger partial charge in [0.15, 0.2) is 0 Å². The highest BCUT2D eigenvalue weighted by molar-refractivity contribution is 5.83. The Labute approximate surface area is 182 Å². The molecule has 4 fully saturated rings. The average molecular weight is 447 g/mol. The van der Waals surface area contributed by atoms with E-state index in [1.165, 1.54) is 4.90 Å². The summed E-state index contributed by atoms with van der Waals surface area (Å²) in [5.74, 6) is -1.02. The van der Waals surface area contributed by atoms with E-state index in [2.05, 4.69) is 16.2 Å². The molecule has 7 unspecified atom stereocenters. The van der Waals surface area contributed by atoms with Crippen molar-refractivity contribution in [2.24, 2.45) is 11.8 Å². The van der Waals surface area contributed by atoms with Crippen molar-refractivity contribution in [1.29, 1.82) is 0 Å². The quantitative estimate of drug-likeness (QED) is 0.518. The molecule has 0 aromatic carbocycles. The molecule has 4 aliphatic rings. The van der Waals surface area contributed by atoms with Crippen molar-refractivity contribution in [2.75, 3.05) is 6.54 Å². The van der Waals surface area contributed by atoms with E-state index in [-0.39, 0.29) is 68.3 Å². The van der Waals surface area contributed by atoms with Gasteiger partial charge in [-0.05, 0) is 52.4 Å². The summed E-state index contributed by atoms with van der Waals surface area (Å²) in [7, 11) is 0. The van der Waals surface area contributed by atoms with E-state index in [9.17, 15) is 23.1 Å². The van der Waals surface area contributed by atoms with Gasteiger partial charge < -0.3 is 15.3 Å². The predicted molar refractivity (Wildman–Crippen MR) is 111 cm³/mol. The Balaban J connectivity index is 1.48. The van der Waals surface area contributed by atoms with Crippen molar-refractivity contribution in [3.63, 3.8) is 0 Å². The highest BCUT2D eigenvalue weighted by Crippen LogP contribution is 2.39. The molecule has 6 nitrogen and oxygen atoms in total. The fourth-order valence-electron chi connectivity index (χ4n) is 6.40. The molecule has 2 saturated heterocycles. The fraction of sp³-hybridized carbons (Fsp3) is 0.955. The lowest BCUT2D eigenvalue weighted by Gasteiger charge is -2.39. The summed E-state index contributed by atoms with van der Waals surface area (Å²) in [6.07, 6.45) is -0.787. The number of likely N-dealkylation sites (tertiary alicyclic amines) is 1. The van der Waals surface area contributed by atoms with Gasteiger partial charge in [0.1, 0.15) is 24.6 Å². The molecule has 9 heteroatoms. The number of alkyl halides is 3. The number of hydrogen-bond donors (Lipinski definition) is 4. The number of hydrazine groups is 1. The van der Waals surface area contributed by atoms with Crippen LogP contribution in [0.4, 0.5) is 13.2 Å². The van der Waals surface area contributed by atoms with E-state index in [1.54, 1.807) is 0 Å². The first-order valence-corrected chi connectivity index (χ1v) is 11.9. The van der Waals surface area contributed by atoms with E-state index in [0.29, 0.717) is 0 Å². The number of aliphatic hydroxyl groups is 1. The molecule has 2 saturated carbocycles. The molecule has 0 radical (unpaired) electrons. The van der Waals surface area contributed by atoms with Crippen molar-refractivity contribution in [2.45, 2.75) is 114 Å². The van der Waals surface area contributed by atoms with Gasteiger partial charge in [0.2, 0.25) is 5.91 Å². The molecule has 2 heterocycles. The smallest absolute Gasteiger partial charge is 0.241 e. The minimum Gasteiger partial charge on any atom is -0.392 e. The molecule has 31 heavy (non-hydrogen) atoms. The molecule has 2 aliphatic carbocycles. The third kappa shape index (κ3) is 4.75. The zero-order valence-electron chi connectivity index (χ0n) is 18.4. The Hall–Kier alpha value is -0.900. The van der Waals surface area contributed by atoms with Gasteiger partial charge in [0.25, 0.3) is 0 Å². The van der Waals surface area contributed by atoms with Crippen molar-refractivity contribution < 1.29 is 23.1 Å². The van der Waals surface area contributed by atoms with Gasteiger partial charge in [-0.25, -0.2) is 18.6 Å². The number of halogens is 3. The van der Waals surface area contributed by atoms with Gasteiger partial charge in [-0.2, -0.15) is 0 Å². The van der Waals surface area contributed by atoms with Crippen molar-refractivity contribution in [3.05, 3.63) is 0 Å². The highest BCUT2D eigenvalue weighted by Gasteiger charge is 2.50. The molecule has 4 rings (SSSR count). The topological polar surface area (TPSA) is 76.6 Å². The number of carbonyl (C=O) groups is 1. The number of hydrogen-bond acceptors (Lipinski definition) is 5. The maximum absolute atomic E-state index is 14.7. The van der Waals surface area contributed by atoms with Crippen molar-refractivity contribution >= 4 is 5.91 Å². The second kappa shape index (κ2) is 9.53. The number of amides is 1. The van der Waals surface area contributed by atoms with Gasteiger partial charge in [-0.1, -0.05) is 0 Å². The summed E-state index contributed by atoms with van der Waals surface area (Å²) in [5.41, 5.74) is 6.21. The standard InChI is InChI=1S/C22H37F3N4O2/c1-11(26-17-4-3-5-19(17)30)20-12(2)27-28-21(20)22(31)29-10-14(24)9-18(29)15-8-13(23)6-7-16(15)25/h11-21,26-28,30H,3-10H2,1-2H3/t11?,12?,13?,14-,15?,16?,17+,18+,19+,20?,21?/m0/s1. The third-order valence-corrected chi connectivity index (χ3v) is 8.05. The maximum Gasteiger partial charge on any atom is 0.241 e. The van der Waals surface area contributed by atoms with Crippen LogP contribution in [-0.4, -0.2) is 77.3 Å². The van der Waals surface area contributed by atoms with Gasteiger partial charge in [0, 0.05) is 42.4 Å². The molecule has 0 aromatic heterocycles. The van der Waals surface area contributed by atoms with Crippen LogP contribution in [-0.2, 0) is 4.79 Å². The molecular weight excluding hydrogens is 409 g/mol. The minimum absolute atomic E-state index is 0.00401. The Morgan fingerprint density at radius 1 is 1.10 bits per heavy atom. The summed E-state index contributed by atoms with van der Waals surface area (Å²) < 4.78 is 43.1. The molecule has 0 spiro atoms. The normalized spacial score (nSPS) is 47.1. The number of aliphatic hydroxyl groups excluding tert-OH is 1. The maximum atomic E-state index is 14.7. The van der Waals surface area contributed by atoms with E-state index in [0.717, 1.165) is 19.3 Å². The summed E-state index contributed by atoms with van der Waals surface area (Å²) in [6, 6.07) is -1.27. The van der Waals surface area contributed by atoms with E-state index in [4.69, 9.17) is 0 Å². The molecular formula is C22H37F3N4O2. The van der Waals surface area contributed by atoms with Crippen LogP contribution in [0.5, 0.6) is 0 Å². The molecule has 4 N–H and O–H groups in total. The van der Waals surface area contributed by atoms with E-state index in [1.807, 2.05) is 13.8 Å². The van der Waals surface area contributed by atoms with Crippen LogP contribution in [0.3, 0.4) is 0 Å². The van der Waals surface area contributed by atoms with Crippen LogP contribution in [0.15, 0.2) is 0 Å². The summed E-state index contributed by atoms with van der Waals surface area (Å²) in [5, 5.41) is 13.7. The van der Waals surface area contributed by atoms with Crippen LogP contribution >= 0.6 is 0 Å². The monoisotopic (exact) mass is 446 g/mol. The molecule has 11 atom stereocenters. The summed E-state index contributed by atoms with van der Waals surface area (Å²) >= 11 is 0. The Kier molecular flexibility index (Phi) is 7.15. The average Bonchev–Trinajstić information content (AvgIpc) is 3.42. The molecule has 178 valence electrons. The Bertz CT molecular complexity index is 644. The van der Waals surface area contributed by atoms with Crippen LogP contribution in [0.1, 0.15) is 58.8 Å². The Morgan fingerprint density at radius 2 is 1.87 bits per heavy atom. The fourth-order valence-corrected chi connectivity index (χ4v) is 6.40.